The second kappa shape index (κ2) is 5.38. The fraction of sp³-hybridized carbons (Fsp3) is 0.538. The van der Waals surface area contributed by atoms with Crippen LogP contribution in [0.15, 0.2) is 18.2 Å². The maximum absolute atomic E-state index is 13.9. The summed E-state index contributed by atoms with van der Waals surface area (Å²) < 4.78 is 28.4. The number of aryl methyl sites for hydroxylation is 1. The van der Waals surface area contributed by atoms with Crippen molar-refractivity contribution in [2.24, 2.45) is 0 Å². The molecule has 1 aromatic carbocycles. The molecule has 1 rings (SSSR count). The highest BCUT2D eigenvalue weighted by Gasteiger charge is 2.29. The second-order valence-corrected chi connectivity index (χ2v) is 7.20. The first-order valence-electron chi connectivity index (χ1n) is 5.66. The first-order valence-corrected chi connectivity index (χ1v) is 6.81. The minimum absolute atomic E-state index is 0.224. The molecule has 0 aliphatic rings. The number of halogens is 1. The summed E-state index contributed by atoms with van der Waals surface area (Å²) >= 11 is -1.20. The highest BCUT2D eigenvalue weighted by atomic mass is 32.2. The average molecular weight is 257 g/mol. The van der Waals surface area contributed by atoms with Gasteiger partial charge in [0, 0.05) is 16.9 Å². The molecule has 1 N–H and O–H groups in total. The zero-order valence-electron chi connectivity index (χ0n) is 11.0. The summed E-state index contributed by atoms with van der Waals surface area (Å²) in [6, 6.07) is 4.99. The normalized spacial score (nSPS) is 15.7. The Morgan fingerprint density at radius 1 is 1.35 bits per heavy atom. The topological polar surface area (TPSA) is 35.1 Å². The number of nitrogens with one attached hydrogen (secondary N) is 1. The Hall–Kier alpha value is -0.580. The Labute approximate surface area is 106 Å². The van der Waals surface area contributed by atoms with Gasteiger partial charge in [0.05, 0.1) is 6.04 Å². The van der Waals surface area contributed by atoms with E-state index in [1.807, 2.05) is 33.8 Å². The molecule has 0 aliphatic carbocycles. The van der Waals surface area contributed by atoms with Crippen molar-refractivity contribution in [3.8, 4) is 0 Å². The van der Waals surface area contributed by atoms with E-state index >= 15 is 0 Å². The third-order valence-corrected chi connectivity index (χ3v) is 4.21. The summed E-state index contributed by atoms with van der Waals surface area (Å²) in [6.07, 6.45) is 0. The molecule has 0 saturated heterocycles. The summed E-state index contributed by atoms with van der Waals surface area (Å²) in [6.45, 7) is 9.20. The van der Waals surface area contributed by atoms with E-state index in [0.29, 0.717) is 11.1 Å². The van der Waals surface area contributed by atoms with Crippen molar-refractivity contribution >= 4 is 11.4 Å². The number of hydrogen-bond donors (Lipinski definition) is 1. The van der Waals surface area contributed by atoms with Crippen LogP contribution in [0.1, 0.15) is 44.9 Å². The van der Waals surface area contributed by atoms with E-state index in [9.17, 15) is 8.94 Å². The summed E-state index contributed by atoms with van der Waals surface area (Å²) in [5.74, 6) is -0.224. The SMILES string of the molecule is Cc1cccc([C@H](C)N[S@@+]([O-])C(C)(C)C)c1F. The van der Waals surface area contributed by atoms with Gasteiger partial charge in [-0.3, -0.25) is 0 Å². The van der Waals surface area contributed by atoms with Crippen molar-refractivity contribution in [3.05, 3.63) is 35.1 Å². The van der Waals surface area contributed by atoms with E-state index in [1.54, 1.807) is 19.1 Å². The van der Waals surface area contributed by atoms with Gasteiger partial charge in [0.2, 0.25) is 0 Å². The third-order valence-electron chi connectivity index (χ3n) is 2.53. The summed E-state index contributed by atoms with van der Waals surface area (Å²) in [5, 5.41) is 0. The summed E-state index contributed by atoms with van der Waals surface area (Å²) in [5.41, 5.74) is 1.17. The van der Waals surface area contributed by atoms with E-state index in [1.165, 1.54) is 0 Å². The molecule has 0 saturated carbocycles. The lowest BCUT2D eigenvalue weighted by molar-refractivity contribution is 0.521. The Kier molecular flexibility index (Phi) is 4.58. The molecule has 0 aliphatic heterocycles. The summed E-state index contributed by atoms with van der Waals surface area (Å²) in [4.78, 5) is 0. The van der Waals surface area contributed by atoms with Crippen LogP contribution >= 0.6 is 0 Å². The molecule has 0 amide bonds. The van der Waals surface area contributed by atoms with Crippen molar-refractivity contribution in [1.29, 1.82) is 0 Å². The van der Waals surface area contributed by atoms with Gasteiger partial charge in [0.15, 0.2) is 0 Å². The van der Waals surface area contributed by atoms with E-state index in [0.717, 1.165) is 0 Å². The fourth-order valence-corrected chi connectivity index (χ4v) is 2.21. The monoisotopic (exact) mass is 257 g/mol. The molecular weight excluding hydrogens is 237 g/mol. The maximum atomic E-state index is 13.9. The molecule has 0 radical (unpaired) electrons. The Balaban J connectivity index is 2.84. The lowest BCUT2D eigenvalue weighted by atomic mass is 10.1. The van der Waals surface area contributed by atoms with Crippen molar-refractivity contribution in [2.75, 3.05) is 0 Å². The Morgan fingerprint density at radius 3 is 2.47 bits per heavy atom. The molecule has 96 valence electrons. The molecular formula is C13H20FNOS. The molecule has 0 fully saturated rings. The van der Waals surface area contributed by atoms with Crippen molar-refractivity contribution < 1.29 is 8.94 Å². The largest absolute Gasteiger partial charge is 0.598 e. The van der Waals surface area contributed by atoms with E-state index in [2.05, 4.69) is 4.72 Å². The van der Waals surface area contributed by atoms with Crippen molar-refractivity contribution in [1.82, 2.24) is 4.72 Å². The van der Waals surface area contributed by atoms with Crippen LogP contribution in [0.4, 0.5) is 4.39 Å². The van der Waals surface area contributed by atoms with Crippen molar-refractivity contribution in [3.63, 3.8) is 0 Å². The number of benzene rings is 1. The van der Waals surface area contributed by atoms with Gasteiger partial charge < -0.3 is 4.55 Å². The van der Waals surface area contributed by atoms with Gasteiger partial charge in [0.1, 0.15) is 10.6 Å². The zero-order valence-corrected chi connectivity index (χ0v) is 11.8. The second-order valence-electron chi connectivity index (χ2n) is 5.20. The number of rotatable bonds is 3. The molecule has 2 atom stereocenters. The van der Waals surface area contributed by atoms with E-state index in [-0.39, 0.29) is 16.6 Å². The Morgan fingerprint density at radius 2 is 1.94 bits per heavy atom. The van der Waals surface area contributed by atoms with Crippen LogP contribution in [0.25, 0.3) is 0 Å². The van der Waals surface area contributed by atoms with Crippen molar-refractivity contribution in [2.45, 2.75) is 45.4 Å². The van der Waals surface area contributed by atoms with Crippen LogP contribution in [-0.2, 0) is 11.4 Å². The maximum Gasteiger partial charge on any atom is 0.136 e. The van der Waals surface area contributed by atoms with E-state index < -0.39 is 11.4 Å². The fourth-order valence-electron chi connectivity index (χ4n) is 1.41. The van der Waals surface area contributed by atoms with Crippen LogP contribution in [0.5, 0.6) is 0 Å². The lowest BCUT2D eigenvalue weighted by Gasteiger charge is -2.26. The predicted octanol–water partition coefficient (Wildman–Crippen LogP) is 3.25. The molecule has 1 aromatic rings. The van der Waals surface area contributed by atoms with Gasteiger partial charge in [-0.2, -0.15) is 0 Å². The van der Waals surface area contributed by atoms with Gasteiger partial charge in [-0.25, -0.2) is 4.39 Å². The molecule has 0 aromatic heterocycles. The van der Waals surface area contributed by atoms with Gasteiger partial charge in [-0.15, -0.1) is 4.72 Å². The highest BCUT2D eigenvalue weighted by Crippen LogP contribution is 2.22. The van der Waals surface area contributed by atoms with Crippen LogP contribution in [0.2, 0.25) is 0 Å². The molecule has 2 nitrogen and oxygen atoms in total. The highest BCUT2D eigenvalue weighted by molar-refractivity contribution is 7.90. The quantitative estimate of drug-likeness (QED) is 0.844. The predicted molar refractivity (Wildman–Crippen MR) is 70.6 cm³/mol. The molecule has 4 heteroatoms. The first kappa shape index (κ1) is 14.5. The molecule has 0 unspecified atom stereocenters. The van der Waals surface area contributed by atoms with Crippen LogP contribution < -0.4 is 4.72 Å². The first-order chi connectivity index (χ1) is 7.73. The minimum Gasteiger partial charge on any atom is -0.598 e. The summed E-state index contributed by atoms with van der Waals surface area (Å²) in [7, 11) is 0. The zero-order chi connectivity index (χ0) is 13.2. The molecule has 0 bridgehead atoms. The van der Waals surface area contributed by atoms with E-state index in [4.69, 9.17) is 0 Å². The van der Waals surface area contributed by atoms with Crippen LogP contribution in [-0.4, -0.2) is 9.30 Å². The van der Waals surface area contributed by atoms with Gasteiger partial charge in [0.25, 0.3) is 0 Å². The number of hydrogen-bond acceptors (Lipinski definition) is 2. The molecule has 0 spiro atoms. The Bertz CT molecular complexity index is 389. The van der Waals surface area contributed by atoms with Gasteiger partial charge in [-0.1, -0.05) is 18.2 Å². The molecule has 0 heterocycles. The molecule has 17 heavy (non-hydrogen) atoms. The van der Waals surface area contributed by atoms with Gasteiger partial charge in [-0.05, 0) is 40.2 Å². The minimum atomic E-state index is -1.20. The van der Waals surface area contributed by atoms with Crippen LogP contribution in [0.3, 0.4) is 0 Å². The average Bonchev–Trinajstić information content (AvgIpc) is 2.20. The van der Waals surface area contributed by atoms with Gasteiger partial charge >= 0.3 is 0 Å². The smallest absolute Gasteiger partial charge is 0.136 e. The lowest BCUT2D eigenvalue weighted by Crippen LogP contribution is -2.40. The third kappa shape index (κ3) is 3.69. The van der Waals surface area contributed by atoms with Crippen LogP contribution in [0, 0.1) is 12.7 Å². The standard InChI is InChI=1S/C13H20FNOS/c1-9-7-6-8-11(12(9)14)10(2)15-17(16)13(3,4)5/h6-8,10,15H,1-5H3/t10-,17-/m0/s1.